The highest BCUT2D eigenvalue weighted by Gasteiger charge is 2.31. The minimum Gasteiger partial charge on any atom is -0.352 e. The van der Waals surface area contributed by atoms with Crippen molar-refractivity contribution in [2.75, 3.05) is 18.0 Å². The molecule has 0 radical (unpaired) electrons. The lowest BCUT2D eigenvalue weighted by molar-refractivity contribution is -0.137. The van der Waals surface area contributed by atoms with E-state index in [9.17, 15) is 21.6 Å². The molecular weight excluding hydrogens is 367 g/mol. The molecular formula is C17H18F3N3O2S. The maximum absolute atomic E-state index is 12.6. The number of anilines is 1. The molecule has 0 aliphatic carbocycles. The van der Waals surface area contributed by atoms with E-state index in [-0.39, 0.29) is 17.5 Å². The molecule has 0 amide bonds. The second-order valence-electron chi connectivity index (χ2n) is 6.15. The first-order valence-electron chi connectivity index (χ1n) is 8.06. The number of nitrogens with zero attached hydrogens (tertiary/aromatic N) is 2. The Morgan fingerprint density at radius 3 is 2.58 bits per heavy atom. The van der Waals surface area contributed by atoms with Crippen molar-refractivity contribution in [2.45, 2.75) is 30.5 Å². The number of alkyl halides is 3. The van der Waals surface area contributed by atoms with E-state index in [2.05, 4.69) is 9.71 Å². The minimum atomic E-state index is -4.50. The van der Waals surface area contributed by atoms with Crippen LogP contribution in [0.4, 0.5) is 19.0 Å². The lowest BCUT2D eigenvalue weighted by Gasteiger charge is -2.26. The summed E-state index contributed by atoms with van der Waals surface area (Å²) in [7, 11) is -3.89. The molecule has 3 rings (SSSR count). The highest BCUT2D eigenvalue weighted by Crippen LogP contribution is 2.30. The Morgan fingerprint density at radius 1 is 1.23 bits per heavy atom. The van der Waals surface area contributed by atoms with Crippen LogP contribution in [0.2, 0.25) is 0 Å². The molecule has 1 N–H and O–H groups in total. The molecule has 1 aliphatic rings. The van der Waals surface area contributed by atoms with E-state index >= 15 is 0 Å². The summed E-state index contributed by atoms with van der Waals surface area (Å²) in [6.45, 7) is 2.74. The number of fused-ring (bicyclic) bond motifs is 1. The summed E-state index contributed by atoms with van der Waals surface area (Å²) in [5.41, 5.74) is 0.231. The quantitative estimate of drug-likeness (QED) is 0.860. The van der Waals surface area contributed by atoms with Gasteiger partial charge in [0.25, 0.3) is 0 Å². The zero-order chi connectivity index (χ0) is 18.9. The maximum atomic E-state index is 12.6. The Hall–Kier alpha value is -2.13. The molecule has 1 unspecified atom stereocenters. The number of sulfonamides is 1. The van der Waals surface area contributed by atoms with Crippen LogP contribution < -0.4 is 9.62 Å². The Balaban J connectivity index is 1.67. The maximum Gasteiger partial charge on any atom is 0.416 e. The fourth-order valence-corrected chi connectivity index (χ4v) is 4.03. The summed E-state index contributed by atoms with van der Waals surface area (Å²) in [5.74, 6) is 0.841. The molecule has 26 heavy (non-hydrogen) atoms. The van der Waals surface area contributed by atoms with Crippen LogP contribution in [0.3, 0.4) is 0 Å². The number of aromatic nitrogens is 1. The SMILES string of the molecule is CC(CNS(=O)(=O)c1ccc(C(F)(F)F)cc1)N1CCc2cccnc21. The first-order chi connectivity index (χ1) is 12.2. The third-order valence-electron chi connectivity index (χ3n) is 4.35. The number of rotatable bonds is 5. The molecule has 5 nitrogen and oxygen atoms in total. The van der Waals surface area contributed by atoms with Crippen LogP contribution in [0.15, 0.2) is 47.5 Å². The van der Waals surface area contributed by atoms with Crippen LogP contribution in [0, 0.1) is 0 Å². The number of benzene rings is 1. The molecule has 0 bridgehead atoms. The summed E-state index contributed by atoms with van der Waals surface area (Å²) in [6.07, 6.45) is -1.96. The average Bonchev–Trinajstić information content (AvgIpc) is 3.03. The Morgan fingerprint density at radius 2 is 1.92 bits per heavy atom. The largest absolute Gasteiger partial charge is 0.416 e. The van der Waals surface area contributed by atoms with E-state index in [1.807, 2.05) is 24.0 Å². The van der Waals surface area contributed by atoms with Gasteiger partial charge < -0.3 is 4.90 Å². The zero-order valence-corrected chi connectivity index (χ0v) is 14.8. The zero-order valence-electron chi connectivity index (χ0n) is 14.0. The molecule has 1 atom stereocenters. The van der Waals surface area contributed by atoms with Gasteiger partial charge in [-0.2, -0.15) is 13.2 Å². The van der Waals surface area contributed by atoms with Gasteiger partial charge in [0.15, 0.2) is 0 Å². The smallest absolute Gasteiger partial charge is 0.352 e. The molecule has 1 aliphatic heterocycles. The van der Waals surface area contributed by atoms with Gasteiger partial charge in [0.05, 0.1) is 10.5 Å². The van der Waals surface area contributed by atoms with Gasteiger partial charge >= 0.3 is 6.18 Å². The van der Waals surface area contributed by atoms with Crippen molar-refractivity contribution in [3.8, 4) is 0 Å². The third kappa shape index (κ3) is 3.83. The van der Waals surface area contributed by atoms with Crippen LogP contribution in [-0.4, -0.2) is 32.5 Å². The van der Waals surface area contributed by atoms with Crippen molar-refractivity contribution in [3.63, 3.8) is 0 Å². The average molecular weight is 385 g/mol. The van der Waals surface area contributed by atoms with Crippen LogP contribution in [0.25, 0.3) is 0 Å². The van der Waals surface area contributed by atoms with Gasteiger partial charge in [-0.1, -0.05) is 6.07 Å². The number of pyridine rings is 1. The predicted octanol–water partition coefficient (Wildman–Crippen LogP) is 2.83. The van der Waals surface area contributed by atoms with Crippen molar-refractivity contribution in [1.82, 2.24) is 9.71 Å². The van der Waals surface area contributed by atoms with E-state index in [1.165, 1.54) is 0 Å². The molecule has 1 aromatic heterocycles. The lowest BCUT2D eigenvalue weighted by Crippen LogP contribution is -2.41. The summed E-state index contributed by atoms with van der Waals surface area (Å²) in [4.78, 5) is 6.16. The second kappa shape index (κ2) is 6.88. The molecule has 2 heterocycles. The van der Waals surface area contributed by atoms with Gasteiger partial charge in [0.2, 0.25) is 10.0 Å². The van der Waals surface area contributed by atoms with Gasteiger partial charge in [-0.05, 0) is 49.2 Å². The summed E-state index contributed by atoms with van der Waals surface area (Å²) >= 11 is 0. The molecule has 0 spiro atoms. The first kappa shape index (κ1) is 18.7. The molecule has 0 saturated carbocycles. The fourth-order valence-electron chi connectivity index (χ4n) is 2.91. The summed E-state index contributed by atoms with van der Waals surface area (Å²) in [6, 6.07) is 7.15. The van der Waals surface area contributed by atoms with Crippen molar-refractivity contribution in [1.29, 1.82) is 0 Å². The normalized spacial score (nSPS) is 15.8. The molecule has 1 aromatic carbocycles. The van der Waals surface area contributed by atoms with Crippen molar-refractivity contribution in [2.24, 2.45) is 0 Å². The number of nitrogens with one attached hydrogen (secondary N) is 1. The first-order valence-corrected chi connectivity index (χ1v) is 9.54. The molecule has 2 aromatic rings. The Labute approximate surface area is 149 Å². The van der Waals surface area contributed by atoms with Crippen LogP contribution >= 0.6 is 0 Å². The van der Waals surface area contributed by atoms with E-state index in [4.69, 9.17) is 0 Å². The highest BCUT2D eigenvalue weighted by atomic mass is 32.2. The van der Waals surface area contributed by atoms with E-state index in [0.717, 1.165) is 48.6 Å². The van der Waals surface area contributed by atoms with Gasteiger partial charge in [0, 0.05) is 25.3 Å². The van der Waals surface area contributed by atoms with Crippen molar-refractivity contribution < 1.29 is 21.6 Å². The Kier molecular flexibility index (Phi) is 4.94. The van der Waals surface area contributed by atoms with E-state index in [0.29, 0.717) is 0 Å². The predicted molar refractivity (Wildman–Crippen MR) is 91.4 cm³/mol. The van der Waals surface area contributed by atoms with Crippen LogP contribution in [0.1, 0.15) is 18.1 Å². The second-order valence-corrected chi connectivity index (χ2v) is 7.92. The van der Waals surface area contributed by atoms with Crippen LogP contribution in [0.5, 0.6) is 0 Å². The minimum absolute atomic E-state index is 0.124. The highest BCUT2D eigenvalue weighted by molar-refractivity contribution is 7.89. The molecule has 9 heteroatoms. The number of hydrogen-bond acceptors (Lipinski definition) is 4. The topological polar surface area (TPSA) is 62.3 Å². The lowest BCUT2D eigenvalue weighted by atomic mass is 10.2. The Bertz CT molecular complexity index is 883. The fraction of sp³-hybridized carbons (Fsp3) is 0.353. The monoisotopic (exact) mass is 385 g/mol. The van der Waals surface area contributed by atoms with Gasteiger partial charge in [0.1, 0.15) is 5.82 Å². The summed E-state index contributed by atoms with van der Waals surface area (Å²) < 4.78 is 64.9. The molecule has 0 saturated heterocycles. The van der Waals surface area contributed by atoms with Gasteiger partial charge in [-0.25, -0.2) is 18.1 Å². The van der Waals surface area contributed by atoms with Crippen LogP contribution in [-0.2, 0) is 22.6 Å². The number of hydrogen-bond donors (Lipinski definition) is 1. The van der Waals surface area contributed by atoms with Crippen molar-refractivity contribution in [3.05, 3.63) is 53.7 Å². The molecule has 140 valence electrons. The number of halogens is 3. The standard InChI is InChI=1S/C17H18F3N3O2S/c1-12(23-10-8-13-3-2-9-21-16(13)23)11-22-26(24,25)15-6-4-14(5-7-15)17(18,19)20/h2-7,9,12,22H,8,10-11H2,1H3. The van der Waals surface area contributed by atoms with E-state index in [1.54, 1.807) is 6.20 Å². The summed E-state index contributed by atoms with van der Waals surface area (Å²) in [5, 5.41) is 0. The van der Waals surface area contributed by atoms with Gasteiger partial charge in [-0.3, -0.25) is 0 Å². The molecule has 0 fully saturated rings. The van der Waals surface area contributed by atoms with Gasteiger partial charge in [-0.15, -0.1) is 0 Å². The van der Waals surface area contributed by atoms with E-state index < -0.39 is 21.8 Å². The van der Waals surface area contributed by atoms with Crippen molar-refractivity contribution >= 4 is 15.8 Å². The third-order valence-corrected chi connectivity index (χ3v) is 5.79.